The zero-order valence-electron chi connectivity index (χ0n) is 9.08. The fraction of sp³-hybridized carbons (Fsp3) is 0.900. The fourth-order valence-electron chi connectivity index (χ4n) is 1.46. The van der Waals surface area contributed by atoms with Crippen molar-refractivity contribution in [2.45, 2.75) is 25.3 Å². The van der Waals surface area contributed by atoms with Gasteiger partial charge in [0.1, 0.15) is 0 Å². The highest BCUT2D eigenvalue weighted by Gasteiger charge is 2.31. The van der Waals surface area contributed by atoms with E-state index >= 15 is 0 Å². The number of hydrogen-bond donors (Lipinski definition) is 1. The van der Waals surface area contributed by atoms with Crippen molar-refractivity contribution in [3.8, 4) is 0 Å². The number of amides is 1. The summed E-state index contributed by atoms with van der Waals surface area (Å²) in [5.74, 6) is 0.249. The van der Waals surface area contributed by atoms with Crippen molar-refractivity contribution >= 4 is 5.91 Å². The van der Waals surface area contributed by atoms with E-state index in [1.807, 2.05) is 11.9 Å². The Kier molecular flexibility index (Phi) is 4.90. The SMILES string of the molecule is CNCCC(=O)N(CCOC)C1CC1. The van der Waals surface area contributed by atoms with Crippen molar-refractivity contribution in [1.29, 1.82) is 0 Å². The highest BCUT2D eigenvalue weighted by atomic mass is 16.5. The maximum atomic E-state index is 11.7. The Morgan fingerprint density at radius 1 is 1.57 bits per heavy atom. The normalized spacial score (nSPS) is 15.6. The molecule has 0 aromatic heterocycles. The van der Waals surface area contributed by atoms with Crippen LogP contribution in [0.4, 0.5) is 0 Å². The lowest BCUT2D eigenvalue weighted by Crippen LogP contribution is -2.37. The van der Waals surface area contributed by atoms with E-state index in [-0.39, 0.29) is 5.91 Å². The average Bonchev–Trinajstić information content (AvgIpc) is 2.99. The molecule has 1 amide bonds. The van der Waals surface area contributed by atoms with Crippen LogP contribution in [0.15, 0.2) is 0 Å². The van der Waals surface area contributed by atoms with Crippen LogP contribution < -0.4 is 5.32 Å². The number of methoxy groups -OCH3 is 1. The van der Waals surface area contributed by atoms with Crippen molar-refractivity contribution in [3.05, 3.63) is 0 Å². The molecule has 82 valence electrons. The van der Waals surface area contributed by atoms with Gasteiger partial charge in [-0.1, -0.05) is 0 Å². The summed E-state index contributed by atoms with van der Waals surface area (Å²) in [5.41, 5.74) is 0. The van der Waals surface area contributed by atoms with Crippen LogP contribution in [0.2, 0.25) is 0 Å². The molecule has 1 saturated carbocycles. The van der Waals surface area contributed by atoms with Crippen molar-refractivity contribution in [3.63, 3.8) is 0 Å². The maximum Gasteiger partial charge on any atom is 0.224 e. The molecule has 0 atom stereocenters. The third-order valence-corrected chi connectivity index (χ3v) is 2.43. The molecule has 0 unspecified atom stereocenters. The second-order valence-corrected chi connectivity index (χ2v) is 3.66. The van der Waals surface area contributed by atoms with Gasteiger partial charge in [0.25, 0.3) is 0 Å². The molecular formula is C10H20N2O2. The first-order chi connectivity index (χ1) is 6.79. The molecule has 0 bridgehead atoms. The molecule has 0 aromatic rings. The molecule has 1 aliphatic rings. The largest absolute Gasteiger partial charge is 0.383 e. The van der Waals surface area contributed by atoms with E-state index in [1.165, 1.54) is 0 Å². The molecule has 1 rings (SSSR count). The topological polar surface area (TPSA) is 41.6 Å². The highest BCUT2D eigenvalue weighted by Crippen LogP contribution is 2.26. The molecule has 1 fully saturated rings. The Bertz CT molecular complexity index is 181. The number of nitrogens with one attached hydrogen (secondary N) is 1. The zero-order chi connectivity index (χ0) is 10.4. The molecular weight excluding hydrogens is 180 g/mol. The van der Waals surface area contributed by atoms with E-state index in [9.17, 15) is 4.79 Å². The van der Waals surface area contributed by atoms with E-state index in [4.69, 9.17) is 4.74 Å². The summed E-state index contributed by atoms with van der Waals surface area (Å²) in [6.07, 6.45) is 2.92. The van der Waals surface area contributed by atoms with Crippen LogP contribution in [0.1, 0.15) is 19.3 Å². The van der Waals surface area contributed by atoms with Crippen LogP contribution in [0.3, 0.4) is 0 Å². The maximum absolute atomic E-state index is 11.7. The molecule has 4 nitrogen and oxygen atoms in total. The standard InChI is InChI=1S/C10H20N2O2/c1-11-6-5-10(13)12(7-8-14-2)9-3-4-9/h9,11H,3-8H2,1-2H3. The third kappa shape index (κ3) is 3.64. The van der Waals surface area contributed by atoms with Gasteiger partial charge in [-0.3, -0.25) is 4.79 Å². The molecule has 0 heterocycles. The van der Waals surface area contributed by atoms with Gasteiger partial charge in [0.2, 0.25) is 5.91 Å². The quantitative estimate of drug-likeness (QED) is 0.640. The van der Waals surface area contributed by atoms with E-state index in [0.29, 0.717) is 19.1 Å². The molecule has 0 aromatic carbocycles. The minimum atomic E-state index is 0.249. The number of rotatable bonds is 7. The van der Waals surface area contributed by atoms with E-state index < -0.39 is 0 Å². The van der Waals surface area contributed by atoms with Gasteiger partial charge in [0.05, 0.1) is 6.61 Å². The Hall–Kier alpha value is -0.610. The van der Waals surface area contributed by atoms with E-state index in [0.717, 1.165) is 25.9 Å². The van der Waals surface area contributed by atoms with E-state index in [1.54, 1.807) is 7.11 Å². The second kappa shape index (κ2) is 5.98. The molecule has 0 aliphatic heterocycles. The Labute approximate surface area is 85.6 Å². The van der Waals surface area contributed by atoms with Crippen LogP contribution in [-0.4, -0.2) is 50.7 Å². The Balaban J connectivity index is 2.28. The van der Waals surface area contributed by atoms with E-state index in [2.05, 4.69) is 5.32 Å². The predicted molar refractivity (Wildman–Crippen MR) is 55.2 cm³/mol. The van der Waals surface area contributed by atoms with Crippen molar-refractivity contribution < 1.29 is 9.53 Å². The first-order valence-electron chi connectivity index (χ1n) is 5.22. The molecule has 14 heavy (non-hydrogen) atoms. The Morgan fingerprint density at radius 2 is 2.29 bits per heavy atom. The van der Waals surface area contributed by atoms with Crippen LogP contribution in [0.25, 0.3) is 0 Å². The summed E-state index contributed by atoms with van der Waals surface area (Å²) < 4.78 is 5.00. The zero-order valence-corrected chi connectivity index (χ0v) is 9.08. The van der Waals surface area contributed by atoms with Gasteiger partial charge in [-0.15, -0.1) is 0 Å². The third-order valence-electron chi connectivity index (χ3n) is 2.43. The van der Waals surface area contributed by atoms with Gasteiger partial charge in [-0.2, -0.15) is 0 Å². The van der Waals surface area contributed by atoms with Crippen LogP contribution >= 0.6 is 0 Å². The molecule has 1 N–H and O–H groups in total. The molecule has 1 aliphatic carbocycles. The summed E-state index contributed by atoms with van der Waals surface area (Å²) in [6.45, 7) is 2.14. The minimum Gasteiger partial charge on any atom is -0.383 e. The van der Waals surface area contributed by atoms with Crippen LogP contribution in [0.5, 0.6) is 0 Å². The van der Waals surface area contributed by atoms with Gasteiger partial charge in [-0.05, 0) is 19.9 Å². The lowest BCUT2D eigenvalue weighted by molar-refractivity contribution is -0.132. The molecule has 0 saturated heterocycles. The Morgan fingerprint density at radius 3 is 2.79 bits per heavy atom. The summed E-state index contributed by atoms with van der Waals surface area (Å²) in [5, 5.41) is 2.99. The highest BCUT2D eigenvalue weighted by molar-refractivity contribution is 5.77. The van der Waals surface area contributed by atoms with Gasteiger partial charge >= 0.3 is 0 Å². The van der Waals surface area contributed by atoms with Crippen LogP contribution in [-0.2, 0) is 9.53 Å². The van der Waals surface area contributed by atoms with Gasteiger partial charge in [0.15, 0.2) is 0 Å². The smallest absolute Gasteiger partial charge is 0.224 e. The summed E-state index contributed by atoms with van der Waals surface area (Å²) >= 11 is 0. The van der Waals surface area contributed by atoms with Crippen molar-refractivity contribution in [2.24, 2.45) is 0 Å². The monoisotopic (exact) mass is 200 g/mol. The number of nitrogens with zero attached hydrogens (tertiary/aromatic N) is 1. The molecule has 4 heteroatoms. The predicted octanol–water partition coefficient (Wildman–Crippen LogP) is 0.233. The fourth-order valence-corrected chi connectivity index (χ4v) is 1.46. The average molecular weight is 200 g/mol. The summed E-state index contributed by atoms with van der Waals surface area (Å²) in [7, 11) is 3.53. The number of carbonyl (C=O) groups is 1. The first kappa shape index (κ1) is 11.5. The van der Waals surface area contributed by atoms with Gasteiger partial charge < -0.3 is 15.0 Å². The lowest BCUT2D eigenvalue weighted by Gasteiger charge is -2.21. The first-order valence-corrected chi connectivity index (χ1v) is 5.22. The summed E-state index contributed by atoms with van der Waals surface area (Å²) in [6, 6.07) is 0.495. The van der Waals surface area contributed by atoms with Crippen molar-refractivity contribution in [1.82, 2.24) is 10.2 Å². The van der Waals surface area contributed by atoms with Crippen molar-refractivity contribution in [2.75, 3.05) is 33.9 Å². The lowest BCUT2D eigenvalue weighted by atomic mass is 10.3. The summed E-state index contributed by atoms with van der Waals surface area (Å²) in [4.78, 5) is 13.7. The minimum absolute atomic E-state index is 0.249. The number of carbonyl (C=O) groups excluding carboxylic acids is 1. The molecule has 0 spiro atoms. The van der Waals surface area contributed by atoms with Gasteiger partial charge in [0, 0.05) is 32.7 Å². The van der Waals surface area contributed by atoms with Crippen LogP contribution in [0, 0.1) is 0 Å². The second-order valence-electron chi connectivity index (χ2n) is 3.66. The number of ether oxygens (including phenoxy) is 1. The van der Waals surface area contributed by atoms with Gasteiger partial charge in [-0.25, -0.2) is 0 Å². The molecule has 0 radical (unpaired) electrons. The number of hydrogen-bond acceptors (Lipinski definition) is 3.